The number of nitrogen functional groups attached to an aromatic ring is 1. The minimum absolute atomic E-state index is 0.340. The molecule has 0 amide bonds. The van der Waals surface area contributed by atoms with Gasteiger partial charge in [-0.1, -0.05) is 17.7 Å². The average Bonchev–Trinajstić information content (AvgIpc) is 2.81. The lowest BCUT2D eigenvalue weighted by Crippen LogP contribution is -2.47. The summed E-state index contributed by atoms with van der Waals surface area (Å²) in [5, 5.41) is 3.94. The summed E-state index contributed by atoms with van der Waals surface area (Å²) in [7, 11) is 0. The minimum Gasteiger partial charge on any atom is -0.462 e. The number of ether oxygens (including phenoxy) is 1. The van der Waals surface area contributed by atoms with Gasteiger partial charge in [0.25, 0.3) is 0 Å². The lowest BCUT2D eigenvalue weighted by molar-refractivity contribution is 0.0526. The summed E-state index contributed by atoms with van der Waals surface area (Å²) in [6, 6.07) is 14.9. The zero-order valence-corrected chi connectivity index (χ0v) is 18.5. The molecule has 0 unspecified atom stereocenters. The zero-order chi connectivity index (χ0) is 22.5. The van der Waals surface area contributed by atoms with Gasteiger partial charge in [-0.3, -0.25) is 0 Å². The molecule has 32 heavy (non-hydrogen) atoms. The topological polar surface area (TPSA) is 96.6 Å². The Labute approximate surface area is 192 Å². The highest BCUT2D eigenvalue weighted by molar-refractivity contribution is 6.30. The number of aromatic nitrogens is 2. The van der Waals surface area contributed by atoms with Crippen molar-refractivity contribution in [3.05, 3.63) is 65.4 Å². The molecule has 0 atom stereocenters. The van der Waals surface area contributed by atoms with Gasteiger partial charge in [0.15, 0.2) is 11.6 Å². The molecule has 0 aliphatic carbocycles. The van der Waals surface area contributed by atoms with Crippen LogP contribution >= 0.6 is 11.6 Å². The molecule has 2 heterocycles. The Kier molecular flexibility index (Phi) is 6.61. The van der Waals surface area contributed by atoms with E-state index in [4.69, 9.17) is 22.1 Å². The van der Waals surface area contributed by atoms with E-state index in [0.717, 1.165) is 42.6 Å². The van der Waals surface area contributed by atoms with E-state index in [1.807, 2.05) is 18.2 Å². The lowest BCUT2D eigenvalue weighted by Gasteiger charge is -2.37. The second-order valence-electron chi connectivity index (χ2n) is 7.34. The summed E-state index contributed by atoms with van der Waals surface area (Å²) >= 11 is 6.13. The van der Waals surface area contributed by atoms with Crippen molar-refractivity contribution in [1.29, 1.82) is 0 Å². The van der Waals surface area contributed by atoms with Crippen LogP contribution in [0.2, 0.25) is 5.02 Å². The Morgan fingerprint density at radius 3 is 2.50 bits per heavy atom. The monoisotopic (exact) mass is 452 g/mol. The SMILES string of the molecule is CCOC(=O)c1ccc(Nc2ncnc(N3CCN(c4cccc(Cl)c4)CC3)c2N)cc1. The normalized spacial score (nSPS) is 13.7. The van der Waals surface area contributed by atoms with Gasteiger partial charge in [0.1, 0.15) is 12.0 Å². The molecule has 1 saturated heterocycles. The van der Waals surface area contributed by atoms with Gasteiger partial charge in [-0.25, -0.2) is 14.8 Å². The molecular weight excluding hydrogens is 428 g/mol. The number of nitrogens with one attached hydrogen (secondary N) is 1. The van der Waals surface area contributed by atoms with E-state index in [-0.39, 0.29) is 5.97 Å². The van der Waals surface area contributed by atoms with Crippen molar-refractivity contribution in [2.45, 2.75) is 6.92 Å². The number of piperazine rings is 1. The van der Waals surface area contributed by atoms with E-state index < -0.39 is 0 Å². The highest BCUT2D eigenvalue weighted by Gasteiger charge is 2.22. The predicted molar refractivity (Wildman–Crippen MR) is 128 cm³/mol. The molecule has 2 aromatic carbocycles. The summed E-state index contributed by atoms with van der Waals surface area (Å²) in [4.78, 5) is 25.0. The van der Waals surface area contributed by atoms with Gasteiger partial charge in [-0.2, -0.15) is 0 Å². The maximum Gasteiger partial charge on any atom is 0.338 e. The number of rotatable bonds is 6. The maximum atomic E-state index is 11.8. The van der Waals surface area contributed by atoms with Gasteiger partial charge in [0.2, 0.25) is 0 Å². The second kappa shape index (κ2) is 9.74. The Morgan fingerprint density at radius 1 is 1.09 bits per heavy atom. The molecule has 1 aliphatic rings. The fraction of sp³-hybridized carbons (Fsp3) is 0.261. The number of anilines is 5. The number of benzene rings is 2. The Morgan fingerprint density at radius 2 is 1.81 bits per heavy atom. The van der Waals surface area contributed by atoms with Crippen LogP contribution in [0.3, 0.4) is 0 Å². The molecule has 4 rings (SSSR count). The number of hydrogen-bond donors (Lipinski definition) is 2. The van der Waals surface area contributed by atoms with Gasteiger partial charge in [-0.15, -0.1) is 0 Å². The molecular formula is C23H25ClN6O2. The smallest absolute Gasteiger partial charge is 0.338 e. The van der Waals surface area contributed by atoms with Crippen molar-refractivity contribution < 1.29 is 9.53 Å². The molecule has 1 aliphatic heterocycles. The van der Waals surface area contributed by atoms with Gasteiger partial charge in [0.05, 0.1) is 12.2 Å². The van der Waals surface area contributed by atoms with Crippen LogP contribution in [0.5, 0.6) is 0 Å². The molecule has 0 spiro atoms. The first-order chi connectivity index (χ1) is 15.5. The first-order valence-corrected chi connectivity index (χ1v) is 10.8. The highest BCUT2D eigenvalue weighted by atomic mass is 35.5. The van der Waals surface area contributed by atoms with Crippen LogP contribution in [-0.2, 0) is 4.74 Å². The number of nitrogens with two attached hydrogens (primary N) is 1. The van der Waals surface area contributed by atoms with E-state index in [1.165, 1.54) is 6.33 Å². The minimum atomic E-state index is -0.347. The molecule has 3 N–H and O–H groups in total. The van der Waals surface area contributed by atoms with Gasteiger partial charge in [-0.05, 0) is 49.4 Å². The Bertz CT molecular complexity index is 1080. The second-order valence-corrected chi connectivity index (χ2v) is 7.77. The van der Waals surface area contributed by atoms with E-state index >= 15 is 0 Å². The van der Waals surface area contributed by atoms with Crippen molar-refractivity contribution in [3.8, 4) is 0 Å². The number of hydrogen-bond acceptors (Lipinski definition) is 8. The number of nitrogens with zero attached hydrogens (tertiary/aromatic N) is 4. The van der Waals surface area contributed by atoms with Crippen molar-refractivity contribution in [1.82, 2.24) is 9.97 Å². The van der Waals surface area contributed by atoms with Crippen LogP contribution in [0.1, 0.15) is 17.3 Å². The fourth-order valence-corrected chi connectivity index (χ4v) is 3.81. The molecule has 0 bridgehead atoms. The largest absolute Gasteiger partial charge is 0.462 e. The Hall–Kier alpha value is -3.52. The third kappa shape index (κ3) is 4.86. The van der Waals surface area contributed by atoms with Crippen LogP contribution < -0.4 is 20.9 Å². The summed E-state index contributed by atoms with van der Waals surface area (Å²) in [5.41, 5.74) is 9.26. The van der Waals surface area contributed by atoms with E-state index in [1.54, 1.807) is 31.2 Å². The molecule has 9 heteroatoms. The molecule has 1 aromatic heterocycles. The van der Waals surface area contributed by atoms with Gasteiger partial charge < -0.3 is 25.6 Å². The summed E-state index contributed by atoms with van der Waals surface area (Å²) < 4.78 is 5.01. The summed E-state index contributed by atoms with van der Waals surface area (Å²) in [6.07, 6.45) is 1.50. The molecule has 3 aromatic rings. The van der Waals surface area contributed by atoms with Gasteiger partial charge >= 0.3 is 5.97 Å². The van der Waals surface area contributed by atoms with Crippen LogP contribution in [0, 0.1) is 0 Å². The van der Waals surface area contributed by atoms with E-state index in [2.05, 4.69) is 31.2 Å². The standard InChI is InChI=1S/C23H25ClN6O2/c1-2-32-23(31)16-6-8-18(9-7-16)28-21-20(25)22(27-15-26-21)30-12-10-29(11-13-30)19-5-3-4-17(24)14-19/h3-9,14-15H,2,10-13,25H2,1H3,(H,26,27,28). The number of carbonyl (C=O) groups is 1. The molecule has 0 saturated carbocycles. The van der Waals surface area contributed by atoms with Crippen LogP contribution in [-0.4, -0.2) is 48.7 Å². The van der Waals surface area contributed by atoms with Crippen molar-refractivity contribution in [2.75, 3.05) is 53.6 Å². The number of esters is 1. The first kappa shape index (κ1) is 21.7. The van der Waals surface area contributed by atoms with Crippen LogP contribution in [0.4, 0.5) is 28.7 Å². The third-order valence-corrected chi connectivity index (χ3v) is 5.51. The Balaban J connectivity index is 1.43. The first-order valence-electron chi connectivity index (χ1n) is 10.5. The highest BCUT2D eigenvalue weighted by Crippen LogP contribution is 2.30. The number of carbonyl (C=O) groups excluding carboxylic acids is 1. The summed E-state index contributed by atoms with van der Waals surface area (Å²) in [6.45, 7) is 5.35. The molecule has 166 valence electrons. The molecule has 8 nitrogen and oxygen atoms in total. The lowest BCUT2D eigenvalue weighted by atomic mass is 10.2. The van der Waals surface area contributed by atoms with Crippen molar-refractivity contribution in [2.24, 2.45) is 0 Å². The van der Waals surface area contributed by atoms with Gasteiger partial charge in [0, 0.05) is 42.6 Å². The molecule has 1 fully saturated rings. The van der Waals surface area contributed by atoms with Crippen molar-refractivity contribution in [3.63, 3.8) is 0 Å². The molecule has 0 radical (unpaired) electrons. The fourth-order valence-electron chi connectivity index (χ4n) is 3.63. The zero-order valence-electron chi connectivity index (χ0n) is 17.8. The third-order valence-electron chi connectivity index (χ3n) is 5.27. The average molecular weight is 453 g/mol. The predicted octanol–water partition coefficient (Wildman–Crippen LogP) is 3.96. The van der Waals surface area contributed by atoms with Crippen LogP contribution in [0.15, 0.2) is 54.9 Å². The van der Waals surface area contributed by atoms with E-state index in [9.17, 15) is 4.79 Å². The van der Waals surface area contributed by atoms with E-state index in [0.29, 0.717) is 29.5 Å². The quantitative estimate of drug-likeness (QED) is 0.542. The maximum absolute atomic E-state index is 11.8. The van der Waals surface area contributed by atoms with Crippen LogP contribution in [0.25, 0.3) is 0 Å². The number of halogens is 1. The van der Waals surface area contributed by atoms with Crippen molar-refractivity contribution >= 4 is 46.3 Å². The summed E-state index contributed by atoms with van der Waals surface area (Å²) in [5.74, 6) is 0.882.